The molecule has 0 radical (unpaired) electrons. The van der Waals surface area contributed by atoms with Gasteiger partial charge in [0.25, 0.3) is 5.91 Å². The van der Waals surface area contributed by atoms with E-state index in [1.807, 2.05) is 25.1 Å². The molecule has 29 heavy (non-hydrogen) atoms. The van der Waals surface area contributed by atoms with Crippen molar-refractivity contribution in [1.29, 1.82) is 0 Å². The van der Waals surface area contributed by atoms with Crippen molar-refractivity contribution in [3.63, 3.8) is 0 Å². The third kappa shape index (κ3) is 5.51. The van der Waals surface area contributed by atoms with E-state index >= 15 is 0 Å². The molecule has 0 aliphatic carbocycles. The van der Waals surface area contributed by atoms with Crippen LogP contribution in [0, 0.1) is 18.6 Å². The molecule has 1 aliphatic heterocycles. The van der Waals surface area contributed by atoms with Crippen molar-refractivity contribution in [2.24, 2.45) is 0 Å². The van der Waals surface area contributed by atoms with Crippen molar-refractivity contribution in [1.82, 2.24) is 10.2 Å². The van der Waals surface area contributed by atoms with E-state index in [1.165, 1.54) is 0 Å². The number of piperazine rings is 1. The molecule has 1 heterocycles. The van der Waals surface area contributed by atoms with E-state index in [0.29, 0.717) is 11.8 Å². The van der Waals surface area contributed by atoms with Gasteiger partial charge in [0.2, 0.25) is 5.91 Å². The van der Waals surface area contributed by atoms with Gasteiger partial charge in [-0.15, -0.1) is 0 Å². The molecule has 154 valence electrons. The Morgan fingerprint density at radius 2 is 1.66 bits per heavy atom. The lowest BCUT2D eigenvalue weighted by Gasteiger charge is -2.35. The molecule has 2 amide bonds. The molecule has 8 heteroatoms. The smallest absolute Gasteiger partial charge is 0.251 e. The van der Waals surface area contributed by atoms with Crippen LogP contribution in [0.3, 0.4) is 0 Å². The molecule has 0 atom stereocenters. The molecular weight excluding hydrogens is 378 g/mol. The predicted octanol–water partition coefficient (Wildman–Crippen LogP) is 2.39. The molecule has 1 fully saturated rings. The summed E-state index contributed by atoms with van der Waals surface area (Å²) in [6.07, 6.45) is 0. The summed E-state index contributed by atoms with van der Waals surface area (Å²) >= 11 is 0. The van der Waals surface area contributed by atoms with Gasteiger partial charge in [-0.25, -0.2) is 8.78 Å². The fraction of sp³-hybridized carbons (Fsp3) is 0.333. The molecule has 0 aromatic heterocycles. The first-order valence-electron chi connectivity index (χ1n) is 9.40. The van der Waals surface area contributed by atoms with Crippen LogP contribution in [0.1, 0.15) is 15.9 Å². The van der Waals surface area contributed by atoms with Crippen molar-refractivity contribution >= 4 is 23.2 Å². The van der Waals surface area contributed by atoms with E-state index in [1.54, 1.807) is 0 Å². The summed E-state index contributed by atoms with van der Waals surface area (Å²) in [5, 5.41) is 5.08. The maximum absolute atomic E-state index is 13.2. The van der Waals surface area contributed by atoms with Gasteiger partial charge in [-0.05, 0) is 49.9 Å². The van der Waals surface area contributed by atoms with Gasteiger partial charge in [0.15, 0.2) is 0 Å². The molecule has 2 N–H and O–H groups in total. The zero-order valence-electron chi connectivity index (χ0n) is 16.5. The second-order valence-corrected chi connectivity index (χ2v) is 7.18. The molecule has 1 saturated heterocycles. The number of rotatable bonds is 5. The molecule has 3 rings (SSSR count). The molecule has 0 saturated carbocycles. The van der Waals surface area contributed by atoms with Crippen LogP contribution in [0.4, 0.5) is 20.2 Å². The van der Waals surface area contributed by atoms with Gasteiger partial charge in [0, 0.05) is 49.2 Å². The standard InChI is InChI=1S/C21H24F2N4O2/c1-14-9-18(3-4-19(14)27-7-5-26(2)6-8-27)25-20(28)13-24-21(29)15-10-16(22)12-17(23)11-15/h3-4,9-12H,5-8,13H2,1-2H3,(H,24,29)(H,25,28). The number of amides is 2. The van der Waals surface area contributed by atoms with Crippen LogP contribution in [0.15, 0.2) is 36.4 Å². The summed E-state index contributed by atoms with van der Waals surface area (Å²) in [4.78, 5) is 28.7. The maximum atomic E-state index is 13.2. The Morgan fingerprint density at radius 1 is 1.00 bits per heavy atom. The largest absolute Gasteiger partial charge is 0.369 e. The first kappa shape index (κ1) is 20.7. The van der Waals surface area contributed by atoms with Gasteiger partial charge in [-0.1, -0.05) is 0 Å². The molecule has 6 nitrogen and oxygen atoms in total. The minimum atomic E-state index is -0.851. The number of hydrogen-bond donors (Lipinski definition) is 2. The van der Waals surface area contributed by atoms with Crippen molar-refractivity contribution in [2.75, 3.05) is 50.0 Å². The van der Waals surface area contributed by atoms with Crippen LogP contribution in [0.2, 0.25) is 0 Å². The normalized spacial score (nSPS) is 14.6. The summed E-state index contributed by atoms with van der Waals surface area (Å²) in [6, 6.07) is 8.19. The van der Waals surface area contributed by atoms with Gasteiger partial charge < -0.3 is 20.4 Å². The summed E-state index contributed by atoms with van der Waals surface area (Å²) in [5.74, 6) is -2.85. The molecule has 1 aliphatic rings. The average Bonchev–Trinajstić information content (AvgIpc) is 2.66. The average molecular weight is 402 g/mol. The lowest BCUT2D eigenvalue weighted by molar-refractivity contribution is -0.115. The fourth-order valence-electron chi connectivity index (χ4n) is 3.29. The summed E-state index contributed by atoms with van der Waals surface area (Å²) < 4.78 is 26.4. The minimum absolute atomic E-state index is 0.178. The van der Waals surface area contributed by atoms with Gasteiger partial charge in [-0.2, -0.15) is 0 Å². The molecule has 0 unspecified atom stereocenters. The number of anilines is 2. The highest BCUT2D eigenvalue weighted by Gasteiger charge is 2.16. The number of likely N-dealkylation sites (N-methyl/N-ethyl adjacent to an activating group) is 1. The zero-order valence-corrected chi connectivity index (χ0v) is 16.5. The molecule has 2 aromatic carbocycles. The Labute approximate surface area is 168 Å². The highest BCUT2D eigenvalue weighted by atomic mass is 19.1. The quantitative estimate of drug-likeness (QED) is 0.806. The SMILES string of the molecule is Cc1cc(NC(=O)CNC(=O)c2cc(F)cc(F)c2)ccc1N1CCN(C)CC1. The van der Waals surface area contributed by atoms with Crippen LogP contribution in [0.25, 0.3) is 0 Å². The third-order valence-electron chi connectivity index (χ3n) is 4.86. The van der Waals surface area contributed by atoms with Gasteiger partial charge in [0.1, 0.15) is 11.6 Å². The third-order valence-corrected chi connectivity index (χ3v) is 4.86. The number of aryl methyl sites for hydroxylation is 1. The molecule has 2 aromatic rings. The van der Waals surface area contributed by atoms with Crippen LogP contribution >= 0.6 is 0 Å². The molecule has 0 spiro atoms. The summed E-state index contributed by atoms with van der Waals surface area (Å²) in [5.41, 5.74) is 2.63. The molecular formula is C21H24F2N4O2. The highest BCUT2D eigenvalue weighted by Crippen LogP contribution is 2.24. The number of hydrogen-bond acceptors (Lipinski definition) is 4. The Balaban J connectivity index is 1.55. The van der Waals surface area contributed by atoms with Crippen molar-refractivity contribution in [3.8, 4) is 0 Å². The van der Waals surface area contributed by atoms with Crippen molar-refractivity contribution < 1.29 is 18.4 Å². The Hall–Kier alpha value is -3.00. The van der Waals surface area contributed by atoms with E-state index in [0.717, 1.165) is 49.6 Å². The Morgan fingerprint density at radius 3 is 2.28 bits per heavy atom. The van der Waals surface area contributed by atoms with E-state index in [-0.39, 0.29) is 12.1 Å². The van der Waals surface area contributed by atoms with Crippen LogP contribution in [0.5, 0.6) is 0 Å². The number of benzene rings is 2. The lowest BCUT2D eigenvalue weighted by Crippen LogP contribution is -2.44. The van der Waals surface area contributed by atoms with E-state index in [2.05, 4.69) is 27.5 Å². The second-order valence-electron chi connectivity index (χ2n) is 7.18. The first-order chi connectivity index (χ1) is 13.8. The number of nitrogens with one attached hydrogen (secondary N) is 2. The van der Waals surface area contributed by atoms with Gasteiger partial charge in [-0.3, -0.25) is 9.59 Å². The minimum Gasteiger partial charge on any atom is -0.369 e. The van der Waals surface area contributed by atoms with Crippen molar-refractivity contribution in [3.05, 3.63) is 59.2 Å². The van der Waals surface area contributed by atoms with Crippen LogP contribution < -0.4 is 15.5 Å². The molecule has 0 bridgehead atoms. The lowest BCUT2D eigenvalue weighted by atomic mass is 10.1. The van der Waals surface area contributed by atoms with Gasteiger partial charge >= 0.3 is 0 Å². The zero-order chi connectivity index (χ0) is 21.0. The van der Waals surface area contributed by atoms with E-state index in [9.17, 15) is 18.4 Å². The Kier molecular flexibility index (Phi) is 6.43. The summed E-state index contributed by atoms with van der Waals surface area (Å²) in [6.45, 7) is 5.60. The fourth-order valence-corrected chi connectivity index (χ4v) is 3.29. The number of nitrogens with zero attached hydrogens (tertiary/aromatic N) is 2. The Bertz CT molecular complexity index is 891. The number of carbonyl (C=O) groups is 2. The van der Waals surface area contributed by atoms with E-state index < -0.39 is 23.4 Å². The highest BCUT2D eigenvalue weighted by molar-refractivity contribution is 5.99. The van der Waals surface area contributed by atoms with Crippen LogP contribution in [-0.4, -0.2) is 56.5 Å². The number of halogens is 2. The monoisotopic (exact) mass is 402 g/mol. The van der Waals surface area contributed by atoms with Crippen molar-refractivity contribution in [2.45, 2.75) is 6.92 Å². The van der Waals surface area contributed by atoms with Crippen LogP contribution in [-0.2, 0) is 4.79 Å². The summed E-state index contributed by atoms with van der Waals surface area (Å²) in [7, 11) is 2.10. The maximum Gasteiger partial charge on any atom is 0.251 e. The topological polar surface area (TPSA) is 64.7 Å². The van der Waals surface area contributed by atoms with Gasteiger partial charge in [0.05, 0.1) is 6.54 Å². The predicted molar refractivity (Wildman–Crippen MR) is 108 cm³/mol. The second kappa shape index (κ2) is 9.00. The first-order valence-corrected chi connectivity index (χ1v) is 9.40. The number of carbonyl (C=O) groups excluding carboxylic acids is 2. The van der Waals surface area contributed by atoms with E-state index in [4.69, 9.17) is 0 Å².